The van der Waals surface area contributed by atoms with Crippen molar-refractivity contribution in [3.05, 3.63) is 48.1 Å². The molecule has 0 fully saturated rings. The SMILES string of the molecule is CCCCC/C=C\CC1(OC(C)=O)C=CC(=O)/C1=C\C=C\C(CCC(F)(F)F)OC(C)=O. The fourth-order valence-electron chi connectivity index (χ4n) is 3.26. The van der Waals surface area contributed by atoms with Crippen molar-refractivity contribution < 1.29 is 37.0 Å². The molecule has 0 amide bonds. The Hall–Kier alpha value is -2.64. The van der Waals surface area contributed by atoms with E-state index < -0.39 is 42.7 Å². The number of alkyl halides is 3. The Labute approximate surface area is 187 Å². The first-order chi connectivity index (χ1) is 15.0. The summed E-state index contributed by atoms with van der Waals surface area (Å²) in [5.41, 5.74) is -1.10. The van der Waals surface area contributed by atoms with E-state index in [0.29, 0.717) is 0 Å². The van der Waals surface area contributed by atoms with Crippen LogP contribution in [0.15, 0.2) is 48.1 Å². The van der Waals surface area contributed by atoms with E-state index in [9.17, 15) is 27.6 Å². The molecule has 0 aliphatic heterocycles. The Bertz CT molecular complexity index is 777. The average Bonchev–Trinajstić information content (AvgIpc) is 2.97. The molecule has 2 atom stereocenters. The normalized spacial score (nSPS) is 21.1. The van der Waals surface area contributed by atoms with Crippen LogP contribution >= 0.6 is 0 Å². The molecule has 5 nitrogen and oxygen atoms in total. The summed E-state index contributed by atoms with van der Waals surface area (Å²) < 4.78 is 48.0. The summed E-state index contributed by atoms with van der Waals surface area (Å²) in [5, 5.41) is 0. The van der Waals surface area contributed by atoms with Crippen molar-refractivity contribution in [3.63, 3.8) is 0 Å². The van der Waals surface area contributed by atoms with Crippen LogP contribution in [-0.4, -0.2) is 35.6 Å². The number of halogens is 3. The number of rotatable bonds is 12. The number of carbonyl (C=O) groups is 3. The molecule has 8 heteroatoms. The number of ether oxygens (including phenoxy) is 2. The standard InChI is InChI=1S/C24H31F3O5/c1-4-5-6-7-8-9-15-23(32-19(3)29)16-14-22(30)21(23)12-10-11-20(31-18(2)28)13-17-24(25,26)27/h8-12,14,16,20H,4-7,13,15,17H2,1-3H3/b9-8-,11-10+,21-12+. The van der Waals surface area contributed by atoms with Gasteiger partial charge in [0.1, 0.15) is 6.10 Å². The zero-order valence-electron chi connectivity index (χ0n) is 18.7. The number of allylic oxidation sites excluding steroid dienone is 4. The second-order valence-corrected chi connectivity index (χ2v) is 7.62. The predicted octanol–water partition coefficient (Wildman–Crippen LogP) is 5.71. The monoisotopic (exact) mass is 456 g/mol. The van der Waals surface area contributed by atoms with Crippen molar-refractivity contribution in [1.82, 2.24) is 0 Å². The number of carbonyl (C=O) groups excluding carboxylic acids is 3. The molecule has 0 bridgehead atoms. The fraction of sp³-hybridized carbons (Fsp3) is 0.542. The maximum absolute atomic E-state index is 12.5. The molecular weight excluding hydrogens is 425 g/mol. The minimum absolute atomic E-state index is 0.180. The second kappa shape index (κ2) is 13.0. The van der Waals surface area contributed by atoms with Gasteiger partial charge in [0.25, 0.3) is 0 Å². The van der Waals surface area contributed by atoms with Crippen LogP contribution in [0.3, 0.4) is 0 Å². The lowest BCUT2D eigenvalue weighted by Gasteiger charge is -2.27. The zero-order chi connectivity index (χ0) is 24.2. The molecule has 0 spiro atoms. The zero-order valence-corrected chi connectivity index (χ0v) is 18.7. The second-order valence-electron chi connectivity index (χ2n) is 7.62. The first-order valence-electron chi connectivity index (χ1n) is 10.7. The Kier molecular flexibility index (Phi) is 11.2. The van der Waals surface area contributed by atoms with Crippen molar-refractivity contribution in [1.29, 1.82) is 0 Å². The highest BCUT2D eigenvalue weighted by Gasteiger charge is 2.41. The van der Waals surface area contributed by atoms with Crippen molar-refractivity contribution in [3.8, 4) is 0 Å². The third kappa shape index (κ3) is 10.1. The Morgan fingerprint density at radius 2 is 1.88 bits per heavy atom. The van der Waals surface area contributed by atoms with Gasteiger partial charge < -0.3 is 9.47 Å². The molecule has 0 radical (unpaired) electrons. The van der Waals surface area contributed by atoms with E-state index in [0.717, 1.165) is 32.6 Å². The summed E-state index contributed by atoms with van der Waals surface area (Å²) in [6, 6.07) is 0. The number of hydrogen-bond donors (Lipinski definition) is 0. The molecule has 0 saturated heterocycles. The van der Waals surface area contributed by atoms with Gasteiger partial charge in [-0.3, -0.25) is 14.4 Å². The third-order valence-corrected chi connectivity index (χ3v) is 4.73. The van der Waals surface area contributed by atoms with Crippen molar-refractivity contribution >= 4 is 17.7 Å². The molecule has 0 N–H and O–H groups in total. The summed E-state index contributed by atoms with van der Waals surface area (Å²) in [5.74, 6) is -1.65. The molecule has 1 aliphatic rings. The molecule has 0 aromatic heterocycles. The minimum atomic E-state index is -4.38. The molecule has 0 saturated carbocycles. The first kappa shape index (κ1) is 27.4. The molecule has 32 heavy (non-hydrogen) atoms. The third-order valence-electron chi connectivity index (χ3n) is 4.73. The van der Waals surface area contributed by atoms with Gasteiger partial charge in [-0.2, -0.15) is 13.2 Å². The van der Waals surface area contributed by atoms with Crippen LogP contribution in [0.4, 0.5) is 13.2 Å². The summed E-state index contributed by atoms with van der Waals surface area (Å²) in [7, 11) is 0. The molecule has 0 aromatic carbocycles. The molecule has 2 unspecified atom stereocenters. The van der Waals surface area contributed by atoms with Crippen molar-refractivity contribution in [2.24, 2.45) is 0 Å². The summed E-state index contributed by atoms with van der Waals surface area (Å²) >= 11 is 0. The minimum Gasteiger partial charge on any atom is -0.458 e. The van der Waals surface area contributed by atoms with E-state index >= 15 is 0 Å². The van der Waals surface area contributed by atoms with E-state index in [2.05, 4.69) is 6.92 Å². The van der Waals surface area contributed by atoms with Crippen LogP contribution in [0, 0.1) is 0 Å². The molecular formula is C24H31F3O5. The maximum atomic E-state index is 12.5. The highest BCUT2D eigenvalue weighted by molar-refractivity contribution is 6.09. The molecule has 1 aliphatic carbocycles. The smallest absolute Gasteiger partial charge is 0.389 e. The summed E-state index contributed by atoms with van der Waals surface area (Å²) in [6.07, 6.45) is 7.97. The lowest BCUT2D eigenvalue weighted by atomic mass is 9.91. The topological polar surface area (TPSA) is 69.7 Å². The van der Waals surface area contributed by atoms with Crippen LogP contribution in [-0.2, 0) is 23.9 Å². The fourth-order valence-corrected chi connectivity index (χ4v) is 3.26. The quantitative estimate of drug-likeness (QED) is 0.163. The van der Waals surface area contributed by atoms with Crippen LogP contribution in [0.5, 0.6) is 0 Å². The largest absolute Gasteiger partial charge is 0.458 e. The predicted molar refractivity (Wildman–Crippen MR) is 115 cm³/mol. The van der Waals surface area contributed by atoms with E-state index in [1.165, 1.54) is 37.3 Å². The van der Waals surface area contributed by atoms with E-state index in [4.69, 9.17) is 9.47 Å². The van der Waals surface area contributed by atoms with Crippen LogP contribution in [0.1, 0.15) is 65.7 Å². The van der Waals surface area contributed by atoms with Gasteiger partial charge in [0.2, 0.25) is 0 Å². The van der Waals surface area contributed by atoms with Gasteiger partial charge in [-0.25, -0.2) is 0 Å². The van der Waals surface area contributed by atoms with Crippen LogP contribution < -0.4 is 0 Å². The highest BCUT2D eigenvalue weighted by atomic mass is 19.4. The molecule has 178 valence electrons. The lowest BCUT2D eigenvalue weighted by molar-refractivity contribution is -0.152. The molecule has 0 heterocycles. The molecule has 0 aromatic rings. The number of ketones is 1. The van der Waals surface area contributed by atoms with Gasteiger partial charge in [-0.05, 0) is 37.5 Å². The van der Waals surface area contributed by atoms with E-state index in [1.807, 2.05) is 12.2 Å². The van der Waals surface area contributed by atoms with Gasteiger partial charge in [-0.1, -0.05) is 44.1 Å². The molecule has 1 rings (SSSR count). The van der Waals surface area contributed by atoms with Gasteiger partial charge in [0, 0.05) is 32.3 Å². The Balaban J connectivity index is 3.04. The van der Waals surface area contributed by atoms with E-state index in [-0.39, 0.29) is 17.8 Å². The van der Waals surface area contributed by atoms with Gasteiger partial charge in [0.05, 0.1) is 0 Å². The summed E-state index contributed by atoms with van der Waals surface area (Å²) in [4.78, 5) is 35.3. The van der Waals surface area contributed by atoms with Crippen LogP contribution in [0.25, 0.3) is 0 Å². The van der Waals surface area contributed by atoms with Crippen molar-refractivity contribution in [2.45, 2.75) is 83.6 Å². The summed E-state index contributed by atoms with van der Waals surface area (Å²) in [6.45, 7) is 4.45. The van der Waals surface area contributed by atoms with Crippen molar-refractivity contribution in [2.75, 3.05) is 0 Å². The van der Waals surface area contributed by atoms with E-state index in [1.54, 1.807) is 0 Å². The van der Waals surface area contributed by atoms with Gasteiger partial charge >= 0.3 is 18.1 Å². The van der Waals surface area contributed by atoms with Crippen LogP contribution in [0.2, 0.25) is 0 Å². The van der Waals surface area contributed by atoms with Gasteiger partial charge in [-0.15, -0.1) is 0 Å². The first-order valence-corrected chi connectivity index (χ1v) is 10.7. The number of esters is 2. The Morgan fingerprint density at radius 3 is 2.47 bits per heavy atom. The lowest BCUT2D eigenvalue weighted by Crippen LogP contribution is -2.33. The number of unbranched alkanes of at least 4 members (excludes halogenated alkanes) is 3. The maximum Gasteiger partial charge on any atom is 0.389 e. The highest BCUT2D eigenvalue weighted by Crippen LogP contribution is 2.35. The van der Waals surface area contributed by atoms with Gasteiger partial charge in [0.15, 0.2) is 11.4 Å². The Morgan fingerprint density at radius 1 is 1.16 bits per heavy atom. The number of hydrogen-bond acceptors (Lipinski definition) is 5. The average molecular weight is 457 g/mol.